The first-order valence-corrected chi connectivity index (χ1v) is 11.6. The minimum absolute atomic E-state index is 0.0476. The van der Waals surface area contributed by atoms with Crippen LogP contribution in [0.15, 0.2) is 23.2 Å². The molecule has 0 amide bonds. The molecule has 1 saturated heterocycles. The molecule has 1 atom stereocenters. The Balaban J connectivity index is 1.98. The maximum absolute atomic E-state index is 9.98. The van der Waals surface area contributed by atoms with Crippen LogP contribution in [0.5, 0.6) is 0 Å². The second-order valence-corrected chi connectivity index (χ2v) is 9.39. The average molecular weight is 458 g/mol. The van der Waals surface area contributed by atoms with E-state index in [4.69, 9.17) is 27.3 Å². The number of hydrogen-bond donors (Lipinski definition) is 3. The Hall–Kier alpha value is -2.58. The van der Waals surface area contributed by atoms with Crippen LogP contribution in [0.3, 0.4) is 0 Å². The number of aromatic nitrogens is 4. The number of rotatable bonds is 6. The van der Waals surface area contributed by atoms with E-state index in [1.807, 2.05) is 18.2 Å². The average Bonchev–Trinajstić information content (AvgIpc) is 3.39. The van der Waals surface area contributed by atoms with E-state index in [1.54, 1.807) is 0 Å². The fraction of sp³-hybridized carbons (Fsp3) is 0.522. The quantitative estimate of drug-likeness (QED) is 0.488. The molecular weight excluding hydrogens is 426 g/mol. The molecule has 172 valence electrons. The predicted octanol–water partition coefficient (Wildman–Crippen LogP) is 3.76. The monoisotopic (exact) mass is 457 g/mol. The van der Waals surface area contributed by atoms with Crippen molar-refractivity contribution >= 4 is 34.3 Å². The van der Waals surface area contributed by atoms with Crippen molar-refractivity contribution < 1.29 is 5.11 Å². The van der Waals surface area contributed by atoms with Gasteiger partial charge in [0.25, 0.3) is 0 Å². The fourth-order valence-corrected chi connectivity index (χ4v) is 4.68. The molecular formula is C23H32ClN7O. The molecule has 1 aliphatic rings. The standard InChI is InChI=1S/C23H32ClN7O/c1-13(2)19-21-20(29-28-19)22(26-11-16-17(24)8-5-9-18(16)25)27-23(31(21)14(3)4)30-10-6-7-15(30)12-32/h5,8-9,13-15,32H,6-7,10-12,25H2,1-4H3,(H,28,29). The number of nitrogen functional groups attached to an aromatic ring is 1. The van der Waals surface area contributed by atoms with Crippen molar-refractivity contribution in [1.82, 2.24) is 19.7 Å². The highest BCUT2D eigenvalue weighted by Crippen LogP contribution is 2.31. The molecule has 4 N–H and O–H groups in total. The van der Waals surface area contributed by atoms with Crippen LogP contribution < -0.4 is 16.1 Å². The number of hydrogen-bond acceptors (Lipinski definition) is 6. The number of aliphatic hydroxyl groups is 1. The molecule has 1 aromatic carbocycles. The van der Waals surface area contributed by atoms with Crippen molar-refractivity contribution in [2.24, 2.45) is 4.99 Å². The third kappa shape index (κ3) is 3.97. The molecule has 0 spiro atoms. The Morgan fingerprint density at radius 2 is 2.09 bits per heavy atom. The summed E-state index contributed by atoms with van der Waals surface area (Å²) in [6, 6.07) is 5.67. The lowest BCUT2D eigenvalue weighted by atomic mass is 10.1. The van der Waals surface area contributed by atoms with Crippen LogP contribution in [0, 0.1) is 0 Å². The van der Waals surface area contributed by atoms with Crippen molar-refractivity contribution in [3.8, 4) is 0 Å². The van der Waals surface area contributed by atoms with Gasteiger partial charge < -0.3 is 20.3 Å². The number of nitrogens with two attached hydrogens (primary N) is 1. The highest BCUT2D eigenvalue weighted by atomic mass is 35.5. The van der Waals surface area contributed by atoms with E-state index in [0.717, 1.165) is 47.6 Å². The molecule has 1 unspecified atom stereocenters. The van der Waals surface area contributed by atoms with E-state index < -0.39 is 0 Å². The summed E-state index contributed by atoms with van der Waals surface area (Å²) >= 11 is 6.38. The number of anilines is 2. The van der Waals surface area contributed by atoms with E-state index >= 15 is 0 Å². The van der Waals surface area contributed by atoms with Crippen LogP contribution >= 0.6 is 11.6 Å². The van der Waals surface area contributed by atoms with E-state index in [2.05, 4.69) is 47.4 Å². The number of H-pyrrole nitrogens is 1. The second kappa shape index (κ2) is 9.11. The summed E-state index contributed by atoms with van der Waals surface area (Å²) in [7, 11) is 0. The molecule has 3 heterocycles. The molecule has 1 aliphatic heterocycles. The van der Waals surface area contributed by atoms with Crippen LogP contribution in [0.4, 0.5) is 11.6 Å². The summed E-state index contributed by atoms with van der Waals surface area (Å²) in [6.07, 6.45) is 1.97. The molecule has 2 aromatic heterocycles. The Morgan fingerprint density at radius 3 is 2.75 bits per heavy atom. The minimum atomic E-state index is 0.0476. The normalized spacial score (nSPS) is 17.4. The van der Waals surface area contributed by atoms with Crippen molar-refractivity contribution in [2.45, 2.75) is 65.1 Å². The zero-order valence-corrected chi connectivity index (χ0v) is 19.9. The van der Waals surface area contributed by atoms with Crippen LogP contribution in [-0.2, 0) is 6.54 Å². The van der Waals surface area contributed by atoms with Gasteiger partial charge in [-0.25, -0.2) is 0 Å². The van der Waals surface area contributed by atoms with Crippen LogP contribution in [0.1, 0.15) is 63.8 Å². The van der Waals surface area contributed by atoms with Crippen molar-refractivity contribution in [3.63, 3.8) is 0 Å². The van der Waals surface area contributed by atoms with Crippen molar-refractivity contribution in [2.75, 3.05) is 23.8 Å². The van der Waals surface area contributed by atoms with Gasteiger partial charge in [-0.2, -0.15) is 10.1 Å². The van der Waals surface area contributed by atoms with Crippen LogP contribution in [-0.4, -0.2) is 44.0 Å². The maximum Gasteiger partial charge on any atom is 0.208 e. The van der Waals surface area contributed by atoms with Gasteiger partial charge >= 0.3 is 0 Å². The third-order valence-corrected chi connectivity index (χ3v) is 6.48. The number of fused-ring (bicyclic) bond motifs is 1. The van der Waals surface area contributed by atoms with Crippen LogP contribution in [0.25, 0.3) is 11.0 Å². The lowest BCUT2D eigenvalue weighted by Gasteiger charge is -2.29. The molecule has 3 aromatic rings. The summed E-state index contributed by atoms with van der Waals surface area (Å²) < 4.78 is 2.23. The fourth-order valence-electron chi connectivity index (χ4n) is 4.44. The lowest BCUT2D eigenvalue weighted by Crippen LogP contribution is -2.37. The molecule has 32 heavy (non-hydrogen) atoms. The number of benzene rings is 1. The highest BCUT2D eigenvalue weighted by Gasteiger charge is 2.30. The van der Waals surface area contributed by atoms with E-state index in [1.165, 1.54) is 0 Å². The second-order valence-electron chi connectivity index (χ2n) is 8.98. The van der Waals surface area contributed by atoms with Gasteiger partial charge in [-0.15, -0.1) is 0 Å². The summed E-state index contributed by atoms with van der Waals surface area (Å²) in [5, 5.41) is 18.4. The maximum atomic E-state index is 9.98. The largest absolute Gasteiger partial charge is 0.398 e. The molecule has 1 fully saturated rings. The molecule has 0 saturated carbocycles. The van der Waals surface area contributed by atoms with Gasteiger partial charge in [0, 0.05) is 28.9 Å². The summed E-state index contributed by atoms with van der Waals surface area (Å²) in [6.45, 7) is 9.84. The predicted molar refractivity (Wildman–Crippen MR) is 129 cm³/mol. The smallest absolute Gasteiger partial charge is 0.208 e. The molecule has 9 heteroatoms. The SMILES string of the molecule is CC(C)c1[nH]nc2c(=NCc3c(N)cccc3Cl)nc(N3CCCC3CO)n(C(C)C)c12. The van der Waals surface area contributed by atoms with E-state index in [0.29, 0.717) is 22.7 Å². The van der Waals surface area contributed by atoms with E-state index in [-0.39, 0.29) is 24.6 Å². The number of aliphatic hydroxyl groups excluding tert-OH is 1. The highest BCUT2D eigenvalue weighted by molar-refractivity contribution is 6.31. The summed E-state index contributed by atoms with van der Waals surface area (Å²) in [5.74, 6) is 1.07. The summed E-state index contributed by atoms with van der Waals surface area (Å²) in [5.41, 5.74) is 10.9. The van der Waals surface area contributed by atoms with Gasteiger partial charge in [-0.3, -0.25) is 10.1 Å². The zero-order chi connectivity index (χ0) is 23.0. The first-order valence-electron chi connectivity index (χ1n) is 11.2. The van der Waals surface area contributed by atoms with Gasteiger partial charge in [0.2, 0.25) is 5.95 Å². The Kier molecular flexibility index (Phi) is 6.44. The first-order chi connectivity index (χ1) is 15.3. The molecule has 0 bridgehead atoms. The topological polar surface area (TPSA) is 108 Å². The lowest BCUT2D eigenvalue weighted by molar-refractivity contribution is 0.265. The van der Waals surface area contributed by atoms with Gasteiger partial charge in [0.1, 0.15) is 0 Å². The first kappa shape index (κ1) is 22.6. The van der Waals surface area contributed by atoms with Gasteiger partial charge in [-0.1, -0.05) is 31.5 Å². The molecule has 0 aliphatic carbocycles. The van der Waals surface area contributed by atoms with Gasteiger partial charge in [0.05, 0.1) is 30.4 Å². The Labute approximate surface area is 193 Å². The molecule has 4 rings (SSSR count). The van der Waals surface area contributed by atoms with Crippen LogP contribution in [0.2, 0.25) is 5.02 Å². The Morgan fingerprint density at radius 1 is 1.31 bits per heavy atom. The number of aromatic amines is 1. The van der Waals surface area contributed by atoms with Gasteiger partial charge in [0.15, 0.2) is 11.0 Å². The third-order valence-electron chi connectivity index (χ3n) is 6.12. The molecule has 8 nitrogen and oxygen atoms in total. The summed E-state index contributed by atoms with van der Waals surface area (Å²) in [4.78, 5) is 12.0. The Bertz CT molecular complexity index is 1160. The minimum Gasteiger partial charge on any atom is -0.398 e. The number of halogens is 1. The van der Waals surface area contributed by atoms with E-state index in [9.17, 15) is 5.11 Å². The van der Waals surface area contributed by atoms with Crippen molar-refractivity contribution in [1.29, 1.82) is 0 Å². The zero-order valence-electron chi connectivity index (χ0n) is 19.1. The number of nitrogens with one attached hydrogen (secondary N) is 1. The molecule has 0 radical (unpaired) electrons. The van der Waals surface area contributed by atoms with Crippen molar-refractivity contribution in [3.05, 3.63) is 40.0 Å². The van der Waals surface area contributed by atoms with Gasteiger partial charge in [-0.05, 0) is 44.7 Å². The number of nitrogens with zero attached hydrogens (tertiary/aromatic N) is 5.